The molecule has 3 heterocycles. The standard InChI is InChI=1S/C19H22N2O4S/c1-15-4-6-18(7-5-15)26(22,23)21-13-19(14-21)16(8-10-25-19)12-24-17-3-2-9-20-11-17/h2-7,9,11,16H,8,10,12-14H2,1H3/t16-/m1/s1. The minimum atomic E-state index is -3.47. The smallest absolute Gasteiger partial charge is 0.243 e. The molecule has 2 fully saturated rings. The number of pyridine rings is 1. The Kier molecular flexibility index (Phi) is 4.46. The molecule has 0 amide bonds. The third-order valence-corrected chi connectivity index (χ3v) is 7.04. The van der Waals surface area contributed by atoms with Gasteiger partial charge < -0.3 is 9.47 Å². The van der Waals surface area contributed by atoms with Crippen LogP contribution in [0.5, 0.6) is 5.75 Å². The molecule has 0 bridgehead atoms. The summed E-state index contributed by atoms with van der Waals surface area (Å²) < 4.78 is 38.9. The Morgan fingerprint density at radius 1 is 1.27 bits per heavy atom. The first-order valence-electron chi connectivity index (χ1n) is 8.73. The lowest BCUT2D eigenvalue weighted by molar-refractivity contribution is -0.107. The van der Waals surface area contributed by atoms with Gasteiger partial charge in [-0.05, 0) is 37.6 Å². The average molecular weight is 374 g/mol. The zero-order chi connectivity index (χ0) is 18.2. The van der Waals surface area contributed by atoms with Crippen LogP contribution in [0, 0.1) is 12.8 Å². The molecule has 1 spiro atoms. The highest BCUT2D eigenvalue weighted by Crippen LogP contribution is 2.42. The lowest BCUT2D eigenvalue weighted by atomic mass is 9.83. The van der Waals surface area contributed by atoms with E-state index in [9.17, 15) is 8.42 Å². The lowest BCUT2D eigenvalue weighted by Crippen LogP contribution is -2.66. The van der Waals surface area contributed by atoms with Crippen molar-refractivity contribution in [2.24, 2.45) is 5.92 Å². The molecule has 0 unspecified atom stereocenters. The van der Waals surface area contributed by atoms with Gasteiger partial charge in [-0.25, -0.2) is 8.42 Å². The van der Waals surface area contributed by atoms with Crippen LogP contribution in [-0.2, 0) is 14.8 Å². The fourth-order valence-electron chi connectivity index (χ4n) is 3.58. The van der Waals surface area contributed by atoms with Crippen molar-refractivity contribution >= 4 is 10.0 Å². The van der Waals surface area contributed by atoms with Crippen LogP contribution in [0.1, 0.15) is 12.0 Å². The van der Waals surface area contributed by atoms with Gasteiger partial charge in [-0.1, -0.05) is 17.7 Å². The Labute approximate surface area is 153 Å². The number of aromatic nitrogens is 1. The molecule has 7 heteroatoms. The van der Waals surface area contributed by atoms with Gasteiger partial charge in [0.25, 0.3) is 0 Å². The molecule has 1 aromatic carbocycles. The fraction of sp³-hybridized carbons (Fsp3) is 0.421. The van der Waals surface area contributed by atoms with Crippen LogP contribution in [-0.4, -0.2) is 49.6 Å². The molecule has 6 nitrogen and oxygen atoms in total. The second kappa shape index (κ2) is 6.64. The molecule has 2 aromatic rings. The Morgan fingerprint density at radius 3 is 2.73 bits per heavy atom. The van der Waals surface area contributed by atoms with Crippen LogP contribution < -0.4 is 4.74 Å². The van der Waals surface area contributed by atoms with Gasteiger partial charge in [-0.15, -0.1) is 0 Å². The van der Waals surface area contributed by atoms with E-state index in [1.54, 1.807) is 24.5 Å². The molecule has 26 heavy (non-hydrogen) atoms. The SMILES string of the molecule is Cc1ccc(S(=O)(=O)N2CC3(C2)OCC[C@@H]3COc2cccnc2)cc1. The maximum absolute atomic E-state index is 12.8. The van der Waals surface area contributed by atoms with Crippen molar-refractivity contribution in [2.45, 2.75) is 23.8 Å². The van der Waals surface area contributed by atoms with Gasteiger partial charge in [0.2, 0.25) is 10.0 Å². The van der Waals surface area contributed by atoms with E-state index in [2.05, 4.69) is 4.98 Å². The van der Waals surface area contributed by atoms with E-state index in [0.717, 1.165) is 17.7 Å². The van der Waals surface area contributed by atoms with Crippen molar-refractivity contribution in [1.82, 2.24) is 9.29 Å². The summed E-state index contributed by atoms with van der Waals surface area (Å²) in [6.45, 7) is 3.84. The lowest BCUT2D eigenvalue weighted by Gasteiger charge is -2.49. The van der Waals surface area contributed by atoms with Crippen molar-refractivity contribution in [1.29, 1.82) is 0 Å². The van der Waals surface area contributed by atoms with Crippen LogP contribution in [0.4, 0.5) is 0 Å². The quantitative estimate of drug-likeness (QED) is 0.803. The highest BCUT2D eigenvalue weighted by Gasteiger charge is 2.56. The molecule has 0 radical (unpaired) electrons. The Morgan fingerprint density at radius 2 is 2.04 bits per heavy atom. The van der Waals surface area contributed by atoms with Crippen LogP contribution in [0.3, 0.4) is 0 Å². The summed E-state index contributed by atoms with van der Waals surface area (Å²) in [7, 11) is -3.47. The minimum Gasteiger partial charge on any atom is -0.492 e. The number of hydrogen-bond acceptors (Lipinski definition) is 5. The van der Waals surface area contributed by atoms with E-state index in [-0.39, 0.29) is 5.92 Å². The third-order valence-electron chi connectivity index (χ3n) is 5.23. The van der Waals surface area contributed by atoms with Gasteiger partial charge in [-0.3, -0.25) is 4.98 Å². The minimum absolute atomic E-state index is 0.173. The predicted octanol–water partition coefficient (Wildman–Crippen LogP) is 2.25. The number of hydrogen-bond donors (Lipinski definition) is 0. The van der Waals surface area contributed by atoms with E-state index in [1.165, 1.54) is 4.31 Å². The monoisotopic (exact) mass is 374 g/mol. The van der Waals surface area contributed by atoms with Crippen LogP contribution in [0.25, 0.3) is 0 Å². The summed E-state index contributed by atoms with van der Waals surface area (Å²) >= 11 is 0. The first-order valence-corrected chi connectivity index (χ1v) is 10.2. The summed E-state index contributed by atoms with van der Waals surface area (Å²) in [6, 6.07) is 10.7. The van der Waals surface area contributed by atoms with Gasteiger partial charge >= 0.3 is 0 Å². The summed E-state index contributed by atoms with van der Waals surface area (Å²) in [5.74, 6) is 0.894. The molecular formula is C19H22N2O4S. The number of aryl methyl sites for hydroxylation is 1. The Hall–Kier alpha value is -1.96. The van der Waals surface area contributed by atoms with Crippen molar-refractivity contribution in [2.75, 3.05) is 26.3 Å². The van der Waals surface area contributed by atoms with Crippen molar-refractivity contribution < 1.29 is 17.9 Å². The third kappa shape index (κ3) is 3.11. The summed E-state index contributed by atoms with van der Waals surface area (Å²) in [5.41, 5.74) is 0.607. The van der Waals surface area contributed by atoms with Gasteiger partial charge in [0.05, 0.1) is 17.7 Å². The van der Waals surface area contributed by atoms with Crippen molar-refractivity contribution in [3.05, 3.63) is 54.4 Å². The molecule has 1 atom stereocenters. The number of benzene rings is 1. The van der Waals surface area contributed by atoms with Gasteiger partial charge in [0.15, 0.2) is 0 Å². The van der Waals surface area contributed by atoms with Gasteiger partial charge in [-0.2, -0.15) is 4.31 Å². The summed E-state index contributed by atoms with van der Waals surface area (Å²) in [4.78, 5) is 4.37. The first kappa shape index (κ1) is 17.5. The van der Waals surface area contributed by atoms with Crippen molar-refractivity contribution in [3.8, 4) is 5.75 Å². The van der Waals surface area contributed by atoms with E-state index in [0.29, 0.717) is 31.2 Å². The van der Waals surface area contributed by atoms with E-state index in [4.69, 9.17) is 9.47 Å². The summed E-state index contributed by atoms with van der Waals surface area (Å²) in [6.07, 6.45) is 4.25. The largest absolute Gasteiger partial charge is 0.492 e. The molecule has 0 N–H and O–H groups in total. The van der Waals surface area contributed by atoms with E-state index in [1.807, 2.05) is 31.2 Å². The molecule has 2 saturated heterocycles. The molecule has 2 aliphatic heterocycles. The highest BCUT2D eigenvalue weighted by atomic mass is 32.2. The molecular weight excluding hydrogens is 352 g/mol. The predicted molar refractivity (Wildman–Crippen MR) is 96.5 cm³/mol. The normalized spacial score (nSPS) is 22.3. The Balaban J connectivity index is 1.42. The van der Waals surface area contributed by atoms with Gasteiger partial charge in [0.1, 0.15) is 11.4 Å². The first-order chi connectivity index (χ1) is 12.5. The molecule has 138 valence electrons. The zero-order valence-electron chi connectivity index (χ0n) is 14.7. The molecule has 0 aliphatic carbocycles. The zero-order valence-corrected chi connectivity index (χ0v) is 15.5. The molecule has 2 aliphatic rings. The number of ether oxygens (including phenoxy) is 2. The summed E-state index contributed by atoms with van der Waals surface area (Å²) in [5, 5.41) is 0. The topological polar surface area (TPSA) is 68.7 Å². The Bertz CT molecular complexity index is 862. The van der Waals surface area contributed by atoms with Crippen molar-refractivity contribution in [3.63, 3.8) is 0 Å². The number of rotatable bonds is 5. The highest BCUT2D eigenvalue weighted by molar-refractivity contribution is 7.89. The van der Waals surface area contributed by atoms with Crippen LogP contribution in [0.15, 0.2) is 53.7 Å². The second-order valence-electron chi connectivity index (χ2n) is 6.98. The maximum atomic E-state index is 12.8. The fourth-order valence-corrected chi connectivity index (χ4v) is 5.13. The molecule has 0 saturated carbocycles. The molecule has 1 aromatic heterocycles. The number of sulfonamides is 1. The molecule has 4 rings (SSSR count). The van der Waals surface area contributed by atoms with E-state index >= 15 is 0 Å². The van der Waals surface area contributed by atoms with Crippen LogP contribution in [0.2, 0.25) is 0 Å². The number of nitrogens with zero attached hydrogens (tertiary/aromatic N) is 2. The maximum Gasteiger partial charge on any atom is 0.243 e. The average Bonchev–Trinajstić information content (AvgIpc) is 3.04. The second-order valence-corrected chi connectivity index (χ2v) is 8.92. The van der Waals surface area contributed by atoms with Gasteiger partial charge in [0, 0.05) is 31.8 Å². The van der Waals surface area contributed by atoms with Crippen LogP contribution >= 0.6 is 0 Å². The van der Waals surface area contributed by atoms with E-state index < -0.39 is 15.6 Å².